The second-order valence-electron chi connectivity index (χ2n) is 6.22. The summed E-state index contributed by atoms with van der Waals surface area (Å²) in [6.45, 7) is 1.36. The van der Waals surface area contributed by atoms with E-state index >= 15 is 0 Å². The Hall–Kier alpha value is -2.84. The fourth-order valence-electron chi connectivity index (χ4n) is 3.12. The van der Waals surface area contributed by atoms with Crippen molar-refractivity contribution in [2.75, 3.05) is 6.54 Å². The van der Waals surface area contributed by atoms with E-state index in [1.165, 1.54) is 24.3 Å². The van der Waals surface area contributed by atoms with Crippen LogP contribution in [-0.4, -0.2) is 28.1 Å². The van der Waals surface area contributed by atoms with Crippen molar-refractivity contribution in [2.45, 2.75) is 26.4 Å². The molecule has 0 aliphatic heterocycles. The lowest BCUT2D eigenvalue weighted by Crippen LogP contribution is -2.27. The van der Waals surface area contributed by atoms with Crippen LogP contribution in [0.2, 0.25) is 0 Å². The Kier molecular flexibility index (Phi) is 5.79. The van der Waals surface area contributed by atoms with Gasteiger partial charge in [0.1, 0.15) is 12.4 Å². The molecule has 0 aromatic heterocycles. The highest BCUT2D eigenvalue weighted by Crippen LogP contribution is 2.36. The van der Waals surface area contributed by atoms with Crippen molar-refractivity contribution in [1.29, 1.82) is 0 Å². The second kappa shape index (κ2) is 7.82. The standard InChI is InChI=1S/C16H18N2O7/c1-10-6-15(19)13(14(10)8-17(21)22)7-16(20)25-9-11-2-4-12(5-3-11)18(23)24/h2-5,10,13-14H,6-9H2,1H3/t10-,13+,14+/m0/s1. The van der Waals surface area contributed by atoms with E-state index in [4.69, 9.17) is 4.74 Å². The first kappa shape index (κ1) is 18.5. The van der Waals surface area contributed by atoms with Crippen molar-refractivity contribution in [1.82, 2.24) is 0 Å². The molecule has 1 aromatic carbocycles. The van der Waals surface area contributed by atoms with Crippen LogP contribution in [0.15, 0.2) is 24.3 Å². The number of ketones is 1. The molecule has 9 heteroatoms. The number of Topliss-reactive ketones (excluding diaryl/α,β-unsaturated/α-hetero) is 1. The third kappa shape index (κ3) is 4.82. The van der Waals surface area contributed by atoms with Gasteiger partial charge in [-0.1, -0.05) is 6.92 Å². The lowest BCUT2D eigenvalue weighted by atomic mass is 9.88. The van der Waals surface area contributed by atoms with Gasteiger partial charge in [0.25, 0.3) is 5.69 Å². The molecule has 25 heavy (non-hydrogen) atoms. The fourth-order valence-corrected chi connectivity index (χ4v) is 3.12. The molecule has 0 bridgehead atoms. The van der Waals surface area contributed by atoms with Crippen LogP contribution < -0.4 is 0 Å². The van der Waals surface area contributed by atoms with E-state index in [0.717, 1.165) is 0 Å². The summed E-state index contributed by atoms with van der Waals surface area (Å²) >= 11 is 0. The van der Waals surface area contributed by atoms with Gasteiger partial charge in [-0.15, -0.1) is 0 Å². The number of nitro groups is 2. The number of ether oxygens (including phenoxy) is 1. The Labute approximate surface area is 143 Å². The molecule has 9 nitrogen and oxygen atoms in total. The summed E-state index contributed by atoms with van der Waals surface area (Å²) in [4.78, 5) is 44.3. The zero-order valence-corrected chi connectivity index (χ0v) is 13.6. The molecule has 0 radical (unpaired) electrons. The maximum Gasteiger partial charge on any atom is 0.306 e. The SMILES string of the molecule is C[C@H]1CC(=O)[C@H](CC(=O)OCc2ccc([N+](=O)[O-])cc2)[C@@H]1C[N+](=O)[O-]. The highest BCUT2D eigenvalue weighted by Gasteiger charge is 2.43. The van der Waals surface area contributed by atoms with E-state index in [1.807, 2.05) is 0 Å². The number of esters is 1. The van der Waals surface area contributed by atoms with Crippen molar-refractivity contribution in [3.8, 4) is 0 Å². The Bertz CT molecular complexity index is 686. The van der Waals surface area contributed by atoms with Crippen LogP contribution in [0.4, 0.5) is 5.69 Å². The Morgan fingerprint density at radius 3 is 2.44 bits per heavy atom. The van der Waals surface area contributed by atoms with Gasteiger partial charge in [-0.2, -0.15) is 0 Å². The molecule has 134 valence electrons. The smallest absolute Gasteiger partial charge is 0.306 e. The number of hydrogen-bond donors (Lipinski definition) is 0. The summed E-state index contributed by atoms with van der Waals surface area (Å²) in [6.07, 6.45) is 0.0491. The lowest BCUT2D eigenvalue weighted by Gasteiger charge is -2.17. The topological polar surface area (TPSA) is 130 Å². The van der Waals surface area contributed by atoms with Gasteiger partial charge in [-0.05, 0) is 23.6 Å². The number of nitrogens with zero attached hydrogens (tertiary/aromatic N) is 2. The first-order valence-electron chi connectivity index (χ1n) is 7.81. The van der Waals surface area contributed by atoms with Crippen molar-refractivity contribution in [3.63, 3.8) is 0 Å². The summed E-state index contributed by atoms with van der Waals surface area (Å²) in [5.41, 5.74) is 0.509. The minimum absolute atomic E-state index is 0.0664. The van der Waals surface area contributed by atoms with E-state index in [0.29, 0.717) is 5.56 Å². The number of nitro benzene ring substituents is 1. The normalized spacial score (nSPS) is 22.6. The summed E-state index contributed by atoms with van der Waals surface area (Å²) in [6, 6.07) is 5.56. The summed E-state index contributed by atoms with van der Waals surface area (Å²) < 4.78 is 5.10. The molecule has 2 rings (SSSR count). The van der Waals surface area contributed by atoms with Crippen LogP contribution in [0, 0.1) is 38.0 Å². The minimum atomic E-state index is -0.690. The zero-order chi connectivity index (χ0) is 18.6. The molecule has 0 heterocycles. The van der Waals surface area contributed by atoms with Crippen LogP contribution >= 0.6 is 0 Å². The number of hydrogen-bond acceptors (Lipinski definition) is 7. The van der Waals surface area contributed by atoms with Gasteiger partial charge in [-0.3, -0.25) is 29.8 Å². The van der Waals surface area contributed by atoms with Gasteiger partial charge in [-0.25, -0.2) is 0 Å². The summed E-state index contributed by atoms with van der Waals surface area (Å²) in [7, 11) is 0. The molecule has 0 saturated heterocycles. The van der Waals surface area contributed by atoms with Crippen molar-refractivity contribution in [2.24, 2.45) is 17.8 Å². The van der Waals surface area contributed by atoms with Crippen molar-refractivity contribution < 1.29 is 24.2 Å². The quantitative estimate of drug-likeness (QED) is 0.418. The Morgan fingerprint density at radius 1 is 1.24 bits per heavy atom. The first-order valence-corrected chi connectivity index (χ1v) is 7.81. The number of carbonyl (C=O) groups is 2. The predicted molar refractivity (Wildman–Crippen MR) is 85.1 cm³/mol. The number of non-ortho nitro benzene ring substituents is 1. The van der Waals surface area contributed by atoms with E-state index in [-0.39, 0.29) is 43.4 Å². The first-order chi connectivity index (χ1) is 11.8. The monoisotopic (exact) mass is 350 g/mol. The van der Waals surface area contributed by atoms with E-state index in [2.05, 4.69) is 0 Å². The van der Waals surface area contributed by atoms with Crippen LogP contribution in [-0.2, 0) is 20.9 Å². The molecule has 1 aliphatic rings. The molecule has 1 fully saturated rings. The van der Waals surface area contributed by atoms with Gasteiger partial charge < -0.3 is 4.74 Å². The van der Waals surface area contributed by atoms with Crippen molar-refractivity contribution in [3.05, 3.63) is 50.1 Å². The van der Waals surface area contributed by atoms with E-state index < -0.39 is 27.7 Å². The molecular formula is C16H18N2O7. The second-order valence-corrected chi connectivity index (χ2v) is 6.22. The maximum absolute atomic E-state index is 12.0. The molecule has 0 amide bonds. The van der Waals surface area contributed by atoms with Gasteiger partial charge in [0, 0.05) is 35.3 Å². The van der Waals surface area contributed by atoms with Crippen LogP contribution in [0.5, 0.6) is 0 Å². The number of benzene rings is 1. The third-order valence-electron chi connectivity index (χ3n) is 4.48. The van der Waals surface area contributed by atoms with Crippen LogP contribution in [0.1, 0.15) is 25.3 Å². The van der Waals surface area contributed by atoms with E-state index in [9.17, 15) is 29.8 Å². The molecule has 3 atom stereocenters. The van der Waals surface area contributed by atoms with Crippen LogP contribution in [0.3, 0.4) is 0 Å². The lowest BCUT2D eigenvalue weighted by molar-refractivity contribution is -0.490. The number of rotatable bonds is 7. The van der Waals surface area contributed by atoms with Gasteiger partial charge in [0.2, 0.25) is 6.54 Å². The fraction of sp³-hybridized carbons (Fsp3) is 0.500. The summed E-state index contributed by atoms with van der Waals surface area (Å²) in [5, 5.41) is 21.3. The minimum Gasteiger partial charge on any atom is -0.461 e. The Balaban J connectivity index is 1.91. The van der Waals surface area contributed by atoms with Gasteiger partial charge >= 0.3 is 5.97 Å². The molecule has 1 aliphatic carbocycles. The number of carbonyl (C=O) groups excluding carboxylic acids is 2. The molecular weight excluding hydrogens is 332 g/mol. The predicted octanol–water partition coefficient (Wildman–Crippen LogP) is 2.15. The van der Waals surface area contributed by atoms with E-state index in [1.54, 1.807) is 6.92 Å². The average molecular weight is 350 g/mol. The molecule has 0 N–H and O–H groups in total. The highest BCUT2D eigenvalue weighted by atomic mass is 16.6. The zero-order valence-electron chi connectivity index (χ0n) is 13.6. The highest BCUT2D eigenvalue weighted by molar-refractivity contribution is 5.87. The molecule has 1 aromatic rings. The van der Waals surface area contributed by atoms with Gasteiger partial charge in [0.15, 0.2) is 0 Å². The molecule has 1 saturated carbocycles. The largest absolute Gasteiger partial charge is 0.461 e. The molecule has 0 spiro atoms. The Morgan fingerprint density at radius 2 is 1.88 bits per heavy atom. The van der Waals surface area contributed by atoms with Gasteiger partial charge in [0.05, 0.1) is 11.3 Å². The van der Waals surface area contributed by atoms with Crippen LogP contribution in [0.25, 0.3) is 0 Å². The maximum atomic E-state index is 12.0. The third-order valence-corrected chi connectivity index (χ3v) is 4.48. The average Bonchev–Trinajstić information content (AvgIpc) is 2.80. The van der Waals surface area contributed by atoms with Crippen molar-refractivity contribution >= 4 is 17.4 Å². The summed E-state index contributed by atoms with van der Waals surface area (Å²) in [5.74, 6) is -2.05. The molecule has 0 unspecified atom stereocenters.